The molecule has 2 nitrogen and oxygen atoms in total. The molecule has 0 aliphatic carbocycles. The Hall–Kier alpha value is -2.19. The second-order valence-corrected chi connectivity index (χ2v) is 5.49. The van der Waals surface area contributed by atoms with Gasteiger partial charge in [-0.1, -0.05) is 48.0 Å². The molecular formula is C19H19NO. The SMILES string of the molecule is Cc1cccc(CCC(O)c2cccc3cnccc23)c1. The maximum absolute atomic E-state index is 10.5. The Morgan fingerprint density at radius 2 is 1.95 bits per heavy atom. The van der Waals surface area contributed by atoms with E-state index in [0.717, 1.165) is 29.2 Å². The maximum Gasteiger partial charge on any atom is 0.0799 e. The number of hydrogen-bond donors (Lipinski definition) is 1. The zero-order valence-corrected chi connectivity index (χ0v) is 12.2. The molecule has 3 aromatic rings. The standard InChI is InChI=1S/C19H19NO/c1-14-4-2-5-15(12-14)8-9-19(21)18-7-3-6-16-13-20-11-10-17(16)18/h2-7,10-13,19,21H,8-9H2,1H3. The van der Waals surface area contributed by atoms with Gasteiger partial charge in [0.25, 0.3) is 0 Å². The highest BCUT2D eigenvalue weighted by atomic mass is 16.3. The molecule has 0 bridgehead atoms. The number of aliphatic hydroxyl groups is 1. The summed E-state index contributed by atoms with van der Waals surface area (Å²) < 4.78 is 0. The van der Waals surface area contributed by atoms with Crippen molar-refractivity contribution < 1.29 is 5.11 Å². The van der Waals surface area contributed by atoms with Crippen LogP contribution in [0.2, 0.25) is 0 Å². The summed E-state index contributed by atoms with van der Waals surface area (Å²) in [5.74, 6) is 0. The van der Waals surface area contributed by atoms with Gasteiger partial charge in [-0.2, -0.15) is 0 Å². The van der Waals surface area contributed by atoms with Crippen LogP contribution in [-0.4, -0.2) is 10.1 Å². The van der Waals surface area contributed by atoms with E-state index in [1.807, 2.05) is 30.5 Å². The van der Waals surface area contributed by atoms with Crippen molar-refractivity contribution >= 4 is 10.8 Å². The van der Waals surface area contributed by atoms with E-state index >= 15 is 0 Å². The number of fused-ring (bicyclic) bond motifs is 1. The van der Waals surface area contributed by atoms with Crippen LogP contribution in [0.5, 0.6) is 0 Å². The van der Waals surface area contributed by atoms with Gasteiger partial charge < -0.3 is 5.11 Å². The first-order valence-corrected chi connectivity index (χ1v) is 7.30. The summed E-state index contributed by atoms with van der Waals surface area (Å²) in [6, 6.07) is 16.4. The van der Waals surface area contributed by atoms with Crippen molar-refractivity contribution in [3.05, 3.63) is 77.6 Å². The Balaban J connectivity index is 1.79. The van der Waals surface area contributed by atoms with E-state index in [1.54, 1.807) is 6.20 Å². The third-order valence-corrected chi connectivity index (χ3v) is 3.86. The lowest BCUT2D eigenvalue weighted by Gasteiger charge is -2.14. The molecule has 0 saturated carbocycles. The molecule has 2 aromatic carbocycles. The van der Waals surface area contributed by atoms with Gasteiger partial charge in [-0.25, -0.2) is 0 Å². The highest BCUT2D eigenvalue weighted by Crippen LogP contribution is 2.26. The zero-order valence-electron chi connectivity index (χ0n) is 12.2. The molecule has 0 spiro atoms. The zero-order chi connectivity index (χ0) is 14.7. The number of pyridine rings is 1. The largest absolute Gasteiger partial charge is 0.388 e. The average Bonchev–Trinajstić information content (AvgIpc) is 2.52. The fourth-order valence-electron chi connectivity index (χ4n) is 2.76. The van der Waals surface area contributed by atoms with E-state index in [0.29, 0.717) is 0 Å². The lowest BCUT2D eigenvalue weighted by Crippen LogP contribution is -2.01. The second-order valence-electron chi connectivity index (χ2n) is 5.49. The predicted octanol–water partition coefficient (Wildman–Crippen LogP) is 4.21. The third-order valence-electron chi connectivity index (χ3n) is 3.86. The van der Waals surface area contributed by atoms with Crippen molar-refractivity contribution in [2.45, 2.75) is 25.9 Å². The molecule has 0 fully saturated rings. The number of aromatic nitrogens is 1. The van der Waals surface area contributed by atoms with E-state index in [-0.39, 0.29) is 0 Å². The van der Waals surface area contributed by atoms with Gasteiger partial charge in [0.1, 0.15) is 0 Å². The number of nitrogens with zero attached hydrogens (tertiary/aromatic N) is 1. The molecule has 1 aromatic heterocycles. The van der Waals surface area contributed by atoms with E-state index < -0.39 is 6.10 Å². The molecule has 2 heteroatoms. The summed E-state index contributed by atoms with van der Waals surface area (Å²) in [7, 11) is 0. The van der Waals surface area contributed by atoms with Crippen molar-refractivity contribution in [2.24, 2.45) is 0 Å². The Morgan fingerprint density at radius 1 is 1.10 bits per heavy atom. The molecule has 1 heterocycles. The Bertz CT molecular complexity index is 746. The molecule has 0 radical (unpaired) electrons. The molecule has 3 rings (SSSR count). The van der Waals surface area contributed by atoms with Crippen LogP contribution >= 0.6 is 0 Å². The summed E-state index contributed by atoms with van der Waals surface area (Å²) in [6.07, 6.45) is 4.78. The molecule has 0 saturated heterocycles. The average molecular weight is 277 g/mol. The van der Waals surface area contributed by atoms with Crippen LogP contribution in [0.25, 0.3) is 10.8 Å². The van der Waals surface area contributed by atoms with Crippen LogP contribution in [0.15, 0.2) is 60.9 Å². The normalized spacial score (nSPS) is 12.5. The number of rotatable bonds is 4. The van der Waals surface area contributed by atoms with Crippen LogP contribution in [0.3, 0.4) is 0 Å². The maximum atomic E-state index is 10.5. The van der Waals surface area contributed by atoms with Gasteiger partial charge in [0, 0.05) is 17.8 Å². The van der Waals surface area contributed by atoms with E-state index in [4.69, 9.17) is 0 Å². The third kappa shape index (κ3) is 3.11. The van der Waals surface area contributed by atoms with Crippen LogP contribution in [-0.2, 0) is 6.42 Å². The van der Waals surface area contributed by atoms with Crippen molar-refractivity contribution in [3.8, 4) is 0 Å². The van der Waals surface area contributed by atoms with Crippen LogP contribution in [0.4, 0.5) is 0 Å². The van der Waals surface area contributed by atoms with Gasteiger partial charge in [0.2, 0.25) is 0 Å². The number of hydrogen-bond acceptors (Lipinski definition) is 2. The monoisotopic (exact) mass is 277 g/mol. The van der Waals surface area contributed by atoms with Crippen LogP contribution in [0, 0.1) is 6.92 Å². The Morgan fingerprint density at radius 3 is 2.81 bits per heavy atom. The fraction of sp³-hybridized carbons (Fsp3) is 0.211. The smallest absolute Gasteiger partial charge is 0.0799 e. The minimum Gasteiger partial charge on any atom is -0.388 e. The highest BCUT2D eigenvalue weighted by molar-refractivity contribution is 5.85. The fourth-order valence-corrected chi connectivity index (χ4v) is 2.76. The van der Waals surface area contributed by atoms with Crippen molar-refractivity contribution in [1.29, 1.82) is 0 Å². The van der Waals surface area contributed by atoms with E-state index in [1.165, 1.54) is 11.1 Å². The van der Waals surface area contributed by atoms with Crippen molar-refractivity contribution in [3.63, 3.8) is 0 Å². The highest BCUT2D eigenvalue weighted by Gasteiger charge is 2.11. The molecule has 0 aliphatic heterocycles. The molecule has 1 unspecified atom stereocenters. The first-order chi connectivity index (χ1) is 10.2. The van der Waals surface area contributed by atoms with E-state index in [2.05, 4.69) is 36.2 Å². The minimum absolute atomic E-state index is 0.448. The van der Waals surface area contributed by atoms with Crippen molar-refractivity contribution in [2.75, 3.05) is 0 Å². The number of aryl methyl sites for hydroxylation is 2. The quantitative estimate of drug-likeness (QED) is 0.775. The van der Waals surface area contributed by atoms with Gasteiger partial charge in [-0.15, -0.1) is 0 Å². The van der Waals surface area contributed by atoms with Crippen LogP contribution in [0.1, 0.15) is 29.2 Å². The van der Waals surface area contributed by atoms with Crippen molar-refractivity contribution in [1.82, 2.24) is 4.98 Å². The Kier molecular flexibility index (Phi) is 3.98. The van der Waals surface area contributed by atoms with Gasteiger partial charge in [0.05, 0.1) is 6.10 Å². The second kappa shape index (κ2) is 6.06. The molecule has 0 aliphatic rings. The molecule has 1 N–H and O–H groups in total. The summed E-state index contributed by atoms with van der Waals surface area (Å²) in [6.45, 7) is 2.09. The Labute approximate surface area is 125 Å². The summed E-state index contributed by atoms with van der Waals surface area (Å²) in [5, 5.41) is 12.7. The van der Waals surface area contributed by atoms with Crippen LogP contribution < -0.4 is 0 Å². The molecule has 106 valence electrons. The van der Waals surface area contributed by atoms with Gasteiger partial charge in [-0.05, 0) is 42.3 Å². The summed E-state index contributed by atoms with van der Waals surface area (Å²) >= 11 is 0. The summed E-state index contributed by atoms with van der Waals surface area (Å²) in [4.78, 5) is 4.13. The number of aliphatic hydroxyl groups excluding tert-OH is 1. The molecule has 21 heavy (non-hydrogen) atoms. The first kappa shape index (κ1) is 13.8. The minimum atomic E-state index is -0.448. The predicted molar refractivity (Wildman–Crippen MR) is 86.2 cm³/mol. The lowest BCUT2D eigenvalue weighted by atomic mass is 9.97. The first-order valence-electron chi connectivity index (χ1n) is 7.30. The van der Waals surface area contributed by atoms with E-state index in [9.17, 15) is 5.11 Å². The van der Waals surface area contributed by atoms with Gasteiger partial charge >= 0.3 is 0 Å². The van der Waals surface area contributed by atoms with Gasteiger partial charge in [-0.3, -0.25) is 4.98 Å². The molecular weight excluding hydrogens is 258 g/mol. The molecule has 0 amide bonds. The molecule has 1 atom stereocenters. The summed E-state index contributed by atoms with van der Waals surface area (Å²) in [5.41, 5.74) is 3.52. The number of benzene rings is 2. The topological polar surface area (TPSA) is 33.1 Å². The van der Waals surface area contributed by atoms with Gasteiger partial charge in [0.15, 0.2) is 0 Å². The lowest BCUT2D eigenvalue weighted by molar-refractivity contribution is 0.169.